The summed E-state index contributed by atoms with van der Waals surface area (Å²) in [4.78, 5) is 7.31. The zero-order valence-corrected chi connectivity index (χ0v) is 20.2. The van der Waals surface area contributed by atoms with E-state index in [-0.39, 0.29) is 0 Å². The van der Waals surface area contributed by atoms with E-state index in [1.807, 2.05) is 23.6 Å². The van der Waals surface area contributed by atoms with Crippen molar-refractivity contribution in [3.8, 4) is 22.4 Å². The van der Waals surface area contributed by atoms with Crippen LogP contribution < -0.4 is 4.90 Å². The minimum Gasteiger partial charge on any atom is -0.308 e. The van der Waals surface area contributed by atoms with Crippen molar-refractivity contribution in [3.05, 3.63) is 121 Å². The second kappa shape index (κ2) is 7.51. The highest BCUT2D eigenvalue weighted by molar-refractivity contribution is 7.26. The van der Waals surface area contributed by atoms with Crippen molar-refractivity contribution in [1.29, 1.82) is 0 Å². The van der Waals surface area contributed by atoms with Crippen molar-refractivity contribution < 1.29 is 0 Å². The average molecular weight is 477 g/mol. The van der Waals surface area contributed by atoms with Crippen molar-refractivity contribution in [2.75, 3.05) is 4.90 Å². The molecule has 0 spiro atoms. The topological polar surface area (TPSA) is 16.1 Å². The highest BCUT2D eigenvalue weighted by Gasteiger charge is 2.28. The second-order valence-electron chi connectivity index (χ2n) is 9.22. The maximum atomic E-state index is 4.93. The molecule has 0 aliphatic carbocycles. The molecule has 0 saturated heterocycles. The maximum Gasteiger partial charge on any atom is 0.0949 e. The Morgan fingerprint density at radius 1 is 0.583 bits per heavy atom. The van der Waals surface area contributed by atoms with Crippen LogP contribution in [0.1, 0.15) is 0 Å². The normalized spacial score (nSPS) is 12.4. The molecule has 3 heterocycles. The van der Waals surface area contributed by atoms with Gasteiger partial charge in [0.2, 0.25) is 0 Å². The molecule has 0 amide bonds. The molecule has 168 valence electrons. The molecular weight excluding hydrogens is 456 g/mol. The highest BCUT2D eigenvalue weighted by Crippen LogP contribution is 2.53. The minimum absolute atomic E-state index is 1.03. The Morgan fingerprint density at radius 2 is 1.36 bits per heavy atom. The number of thiophene rings is 1. The standard InChI is InChI=1S/C33H20N2S/c1-2-9-21(10-3-1)22-11-6-12-23(19-22)35-28-15-7-14-25-31(28)27(32-29(35)16-8-18-34-32)20-26-24-13-4-5-17-30(24)36-33(25)26/h1-20H. The van der Waals surface area contributed by atoms with Crippen LogP contribution in [0.3, 0.4) is 0 Å². The smallest absolute Gasteiger partial charge is 0.0949 e. The summed E-state index contributed by atoms with van der Waals surface area (Å²) >= 11 is 1.88. The van der Waals surface area contributed by atoms with Gasteiger partial charge in [-0.3, -0.25) is 4.98 Å². The summed E-state index contributed by atoms with van der Waals surface area (Å²) < 4.78 is 2.67. The Balaban J connectivity index is 1.46. The van der Waals surface area contributed by atoms with Crippen molar-refractivity contribution in [3.63, 3.8) is 0 Å². The monoisotopic (exact) mass is 476 g/mol. The third kappa shape index (κ3) is 2.75. The van der Waals surface area contributed by atoms with Crippen LogP contribution >= 0.6 is 11.3 Å². The molecule has 36 heavy (non-hydrogen) atoms. The van der Waals surface area contributed by atoms with E-state index >= 15 is 0 Å². The molecule has 0 bridgehead atoms. The van der Waals surface area contributed by atoms with E-state index in [9.17, 15) is 0 Å². The van der Waals surface area contributed by atoms with Crippen LogP contribution in [0, 0.1) is 0 Å². The summed E-state index contributed by atoms with van der Waals surface area (Å²) in [5, 5.41) is 5.19. The Labute approximate surface area is 212 Å². The molecule has 0 N–H and O–H groups in total. The summed E-state index contributed by atoms with van der Waals surface area (Å²) in [6.45, 7) is 0. The average Bonchev–Trinajstić information content (AvgIpc) is 3.33. The molecule has 3 heteroatoms. The summed E-state index contributed by atoms with van der Waals surface area (Å²) in [5.41, 5.74) is 8.12. The fourth-order valence-corrected chi connectivity index (χ4v) is 6.87. The van der Waals surface area contributed by atoms with Crippen LogP contribution in [0.4, 0.5) is 17.1 Å². The summed E-state index contributed by atoms with van der Waals surface area (Å²) in [6.07, 6.45) is 1.91. The molecule has 0 atom stereocenters. The van der Waals surface area contributed by atoms with Crippen molar-refractivity contribution in [2.24, 2.45) is 0 Å². The first-order chi connectivity index (χ1) is 17.9. The summed E-state index contributed by atoms with van der Waals surface area (Å²) in [7, 11) is 0. The van der Waals surface area contributed by atoms with Gasteiger partial charge < -0.3 is 4.90 Å². The van der Waals surface area contributed by atoms with E-state index in [2.05, 4.69) is 114 Å². The lowest BCUT2D eigenvalue weighted by Crippen LogP contribution is -2.15. The summed E-state index contributed by atoms with van der Waals surface area (Å²) in [5.74, 6) is 0. The van der Waals surface area contributed by atoms with E-state index < -0.39 is 0 Å². The minimum atomic E-state index is 1.03. The fraction of sp³-hybridized carbons (Fsp3) is 0. The second-order valence-corrected chi connectivity index (χ2v) is 10.3. The van der Waals surface area contributed by atoms with E-state index in [1.54, 1.807) is 0 Å². The van der Waals surface area contributed by atoms with Crippen LogP contribution in [0.15, 0.2) is 121 Å². The van der Waals surface area contributed by atoms with E-state index in [0.717, 1.165) is 17.1 Å². The predicted octanol–water partition coefficient (Wildman–Crippen LogP) is 9.72. The van der Waals surface area contributed by atoms with Gasteiger partial charge in [0.25, 0.3) is 0 Å². The number of benzene rings is 5. The van der Waals surface area contributed by atoms with Gasteiger partial charge in [-0.1, -0.05) is 72.8 Å². The Bertz CT molecular complexity index is 1950. The van der Waals surface area contributed by atoms with E-state index in [1.165, 1.54) is 53.3 Å². The number of anilines is 3. The number of aromatic nitrogens is 1. The van der Waals surface area contributed by atoms with Gasteiger partial charge in [-0.15, -0.1) is 11.3 Å². The number of rotatable bonds is 2. The number of fused-ring (bicyclic) bond motifs is 6. The molecule has 2 aromatic heterocycles. The molecule has 8 rings (SSSR count). The van der Waals surface area contributed by atoms with Gasteiger partial charge in [-0.25, -0.2) is 0 Å². The molecule has 0 fully saturated rings. The van der Waals surface area contributed by atoms with Gasteiger partial charge in [-0.2, -0.15) is 0 Å². The third-order valence-electron chi connectivity index (χ3n) is 7.21. The first-order valence-corrected chi connectivity index (χ1v) is 13.0. The first kappa shape index (κ1) is 19.8. The van der Waals surface area contributed by atoms with Crippen LogP contribution in [0.2, 0.25) is 0 Å². The number of nitrogens with zero attached hydrogens (tertiary/aromatic N) is 2. The largest absolute Gasteiger partial charge is 0.308 e. The molecule has 0 radical (unpaired) electrons. The molecule has 7 aromatic rings. The Hall–Kier alpha value is -4.47. The van der Waals surface area contributed by atoms with Crippen molar-refractivity contribution in [2.45, 2.75) is 0 Å². The van der Waals surface area contributed by atoms with Crippen molar-refractivity contribution >= 4 is 59.3 Å². The predicted molar refractivity (Wildman–Crippen MR) is 154 cm³/mol. The maximum absolute atomic E-state index is 4.93. The quantitative estimate of drug-likeness (QED) is 0.247. The highest BCUT2D eigenvalue weighted by atomic mass is 32.1. The van der Waals surface area contributed by atoms with Gasteiger partial charge in [0.1, 0.15) is 0 Å². The SMILES string of the molecule is c1ccc(-c2cccc(N3c4cccnc4-c4cc5c6ccccc6sc5c5cccc3c45)c2)cc1. The molecule has 0 unspecified atom stereocenters. The fourth-order valence-electron chi connectivity index (χ4n) is 5.66. The lowest BCUT2D eigenvalue weighted by molar-refractivity contribution is 1.23. The van der Waals surface area contributed by atoms with Crippen LogP contribution in [0.5, 0.6) is 0 Å². The zero-order valence-electron chi connectivity index (χ0n) is 19.3. The molecule has 2 nitrogen and oxygen atoms in total. The van der Waals surface area contributed by atoms with E-state index in [0.29, 0.717) is 0 Å². The van der Waals surface area contributed by atoms with Gasteiger partial charge in [0, 0.05) is 48.4 Å². The van der Waals surface area contributed by atoms with Crippen LogP contribution in [-0.4, -0.2) is 4.98 Å². The Kier molecular flexibility index (Phi) is 4.13. The number of hydrogen-bond acceptors (Lipinski definition) is 3. The van der Waals surface area contributed by atoms with Gasteiger partial charge >= 0.3 is 0 Å². The first-order valence-electron chi connectivity index (χ1n) is 12.1. The lowest BCUT2D eigenvalue weighted by atomic mass is 9.92. The molecule has 1 aliphatic heterocycles. The zero-order chi connectivity index (χ0) is 23.6. The van der Waals surface area contributed by atoms with E-state index in [4.69, 9.17) is 4.98 Å². The third-order valence-corrected chi connectivity index (χ3v) is 8.43. The molecule has 5 aromatic carbocycles. The Morgan fingerprint density at radius 3 is 2.31 bits per heavy atom. The summed E-state index contributed by atoms with van der Waals surface area (Å²) in [6, 6.07) is 41.4. The molecular formula is C33H20N2S. The number of pyridine rings is 1. The van der Waals surface area contributed by atoms with Crippen LogP contribution in [0.25, 0.3) is 53.3 Å². The molecule has 0 saturated carbocycles. The van der Waals surface area contributed by atoms with Gasteiger partial charge in [-0.05, 0) is 53.6 Å². The lowest BCUT2D eigenvalue weighted by Gasteiger charge is -2.33. The molecule has 1 aliphatic rings. The van der Waals surface area contributed by atoms with Crippen LogP contribution in [-0.2, 0) is 0 Å². The number of hydrogen-bond donors (Lipinski definition) is 0. The van der Waals surface area contributed by atoms with Gasteiger partial charge in [0.05, 0.1) is 17.1 Å². The van der Waals surface area contributed by atoms with Gasteiger partial charge in [0.15, 0.2) is 0 Å². The van der Waals surface area contributed by atoms with Crippen molar-refractivity contribution in [1.82, 2.24) is 4.98 Å².